The zero-order valence-corrected chi connectivity index (χ0v) is 12.0. The van der Waals surface area contributed by atoms with Gasteiger partial charge in [-0.15, -0.1) is 5.10 Å². The van der Waals surface area contributed by atoms with Crippen molar-refractivity contribution in [1.82, 2.24) is 19.9 Å². The number of carboxylic acid groups (broad SMARTS) is 1. The van der Waals surface area contributed by atoms with E-state index >= 15 is 0 Å². The molecule has 2 aromatic rings. The number of hydrogen-bond donors (Lipinski definition) is 1. The average molecular weight is 288 g/mol. The second kappa shape index (κ2) is 5.35. The normalized spacial score (nSPS) is 11.2. The fourth-order valence-electron chi connectivity index (χ4n) is 1.64. The highest BCUT2D eigenvalue weighted by Crippen LogP contribution is 2.16. The van der Waals surface area contributed by atoms with Gasteiger partial charge in [0, 0.05) is 7.05 Å². The number of likely N-dealkylation sites (N-methyl/N-ethyl adjacent to an activating group) is 1. The molecule has 0 spiro atoms. The highest BCUT2D eigenvalue weighted by molar-refractivity contribution is 5.95. The predicted octanol–water partition coefficient (Wildman–Crippen LogP) is 1.20. The number of hydrogen-bond acceptors (Lipinski definition) is 4. The molecular weight excluding hydrogens is 272 g/mol. The van der Waals surface area contributed by atoms with E-state index in [1.165, 1.54) is 31.8 Å². The fourth-order valence-corrected chi connectivity index (χ4v) is 1.64. The Balaban J connectivity index is 2.26. The average Bonchev–Trinajstić information content (AvgIpc) is 2.96. The number of aliphatic carboxylic acids is 1. The van der Waals surface area contributed by atoms with Gasteiger partial charge < -0.3 is 10.0 Å². The molecule has 0 unspecified atom stereocenters. The highest BCUT2D eigenvalue weighted by Gasteiger charge is 2.36. The summed E-state index contributed by atoms with van der Waals surface area (Å²) in [6, 6.07) is 9.22. The van der Waals surface area contributed by atoms with Crippen LogP contribution in [0.5, 0.6) is 0 Å². The molecule has 1 aromatic heterocycles. The Bertz CT molecular complexity index is 664. The Hall–Kier alpha value is -2.70. The van der Waals surface area contributed by atoms with E-state index in [1.54, 1.807) is 0 Å². The molecule has 21 heavy (non-hydrogen) atoms. The van der Waals surface area contributed by atoms with E-state index in [0.717, 1.165) is 10.6 Å². The number of carboxylic acids is 1. The third-order valence-electron chi connectivity index (χ3n) is 3.40. The summed E-state index contributed by atoms with van der Waals surface area (Å²) in [5.41, 5.74) is -0.465. The molecule has 7 heteroatoms. The zero-order chi connectivity index (χ0) is 15.6. The van der Waals surface area contributed by atoms with Crippen LogP contribution < -0.4 is 0 Å². The monoisotopic (exact) mass is 288 g/mol. The summed E-state index contributed by atoms with van der Waals surface area (Å²) in [5, 5.41) is 16.9. The molecule has 0 aliphatic rings. The number of carbonyl (C=O) groups is 2. The highest BCUT2D eigenvalue weighted by atomic mass is 16.4. The first kappa shape index (κ1) is 14.7. The summed E-state index contributed by atoms with van der Waals surface area (Å²) in [4.78, 5) is 24.6. The first-order chi connectivity index (χ1) is 9.84. The van der Waals surface area contributed by atoms with Crippen molar-refractivity contribution in [2.75, 3.05) is 7.05 Å². The SMILES string of the molecule is CN(C(=O)c1cn(-c2ccccc2)nn1)C(C)(C)C(=O)O. The summed E-state index contributed by atoms with van der Waals surface area (Å²) < 4.78 is 1.47. The van der Waals surface area contributed by atoms with Gasteiger partial charge in [0.2, 0.25) is 0 Å². The smallest absolute Gasteiger partial charge is 0.329 e. The molecule has 0 radical (unpaired) electrons. The molecule has 0 saturated carbocycles. The second-order valence-electron chi connectivity index (χ2n) is 5.11. The van der Waals surface area contributed by atoms with E-state index in [9.17, 15) is 9.59 Å². The number of carbonyl (C=O) groups excluding carboxylic acids is 1. The molecule has 0 aliphatic carbocycles. The summed E-state index contributed by atoms with van der Waals surface area (Å²) in [6.45, 7) is 2.91. The van der Waals surface area contributed by atoms with Gasteiger partial charge in [0.25, 0.3) is 5.91 Å². The molecule has 1 heterocycles. The standard InChI is InChI=1S/C14H16N4O3/c1-14(2,13(20)21)17(3)12(19)11-9-18(16-15-11)10-7-5-4-6-8-10/h4-9H,1-3H3,(H,20,21). The van der Waals surface area contributed by atoms with E-state index in [1.807, 2.05) is 30.3 Å². The van der Waals surface area contributed by atoms with Crippen molar-refractivity contribution in [3.8, 4) is 5.69 Å². The van der Waals surface area contributed by atoms with E-state index in [4.69, 9.17) is 5.11 Å². The van der Waals surface area contributed by atoms with Crippen molar-refractivity contribution in [2.24, 2.45) is 0 Å². The molecule has 0 bridgehead atoms. The van der Waals surface area contributed by atoms with Crippen LogP contribution in [0.4, 0.5) is 0 Å². The van der Waals surface area contributed by atoms with Gasteiger partial charge in [-0.2, -0.15) is 0 Å². The van der Waals surface area contributed by atoms with Gasteiger partial charge >= 0.3 is 5.97 Å². The van der Waals surface area contributed by atoms with Crippen LogP contribution in [0, 0.1) is 0 Å². The van der Waals surface area contributed by atoms with Crippen LogP contribution in [-0.4, -0.2) is 49.5 Å². The van der Waals surface area contributed by atoms with Crippen molar-refractivity contribution in [1.29, 1.82) is 0 Å². The minimum Gasteiger partial charge on any atom is -0.480 e. The van der Waals surface area contributed by atoms with Gasteiger partial charge in [-0.25, -0.2) is 9.48 Å². The van der Waals surface area contributed by atoms with Crippen molar-refractivity contribution in [3.05, 3.63) is 42.2 Å². The minimum atomic E-state index is -1.33. The molecule has 2 rings (SSSR count). The van der Waals surface area contributed by atoms with Crippen LogP contribution in [0.15, 0.2) is 36.5 Å². The molecule has 0 fully saturated rings. The van der Waals surface area contributed by atoms with Crippen molar-refractivity contribution in [3.63, 3.8) is 0 Å². The Morgan fingerprint density at radius 3 is 2.43 bits per heavy atom. The zero-order valence-electron chi connectivity index (χ0n) is 12.0. The Morgan fingerprint density at radius 2 is 1.86 bits per heavy atom. The molecule has 110 valence electrons. The van der Waals surface area contributed by atoms with Gasteiger partial charge in [0.15, 0.2) is 5.69 Å². The molecule has 0 saturated heterocycles. The van der Waals surface area contributed by atoms with Crippen LogP contribution in [-0.2, 0) is 4.79 Å². The molecule has 7 nitrogen and oxygen atoms in total. The lowest BCUT2D eigenvalue weighted by molar-refractivity contribution is -0.147. The first-order valence-electron chi connectivity index (χ1n) is 6.33. The number of amides is 1. The summed E-state index contributed by atoms with van der Waals surface area (Å²) in [6.07, 6.45) is 1.48. The van der Waals surface area contributed by atoms with Crippen molar-refractivity contribution < 1.29 is 14.7 Å². The maximum absolute atomic E-state index is 12.3. The lowest BCUT2D eigenvalue weighted by Gasteiger charge is -2.30. The van der Waals surface area contributed by atoms with Gasteiger partial charge in [0.05, 0.1) is 11.9 Å². The van der Waals surface area contributed by atoms with E-state index in [-0.39, 0.29) is 5.69 Å². The quantitative estimate of drug-likeness (QED) is 0.913. The number of rotatable bonds is 4. The molecule has 1 amide bonds. The Morgan fingerprint density at radius 1 is 1.24 bits per heavy atom. The molecule has 0 atom stereocenters. The lowest BCUT2D eigenvalue weighted by atomic mass is 10.0. The minimum absolute atomic E-state index is 0.0932. The van der Waals surface area contributed by atoms with Crippen LogP contribution in [0.25, 0.3) is 5.69 Å². The number of aromatic nitrogens is 3. The lowest BCUT2D eigenvalue weighted by Crippen LogP contribution is -2.50. The molecular formula is C14H16N4O3. The Kier molecular flexibility index (Phi) is 3.75. The second-order valence-corrected chi connectivity index (χ2v) is 5.11. The van der Waals surface area contributed by atoms with Gasteiger partial charge in [-0.3, -0.25) is 4.79 Å². The Labute approximate surface area is 121 Å². The first-order valence-corrected chi connectivity index (χ1v) is 6.33. The summed E-state index contributed by atoms with van der Waals surface area (Å²) in [5.74, 6) is -1.58. The molecule has 0 aliphatic heterocycles. The molecule has 1 aromatic carbocycles. The van der Waals surface area contributed by atoms with Crippen molar-refractivity contribution in [2.45, 2.75) is 19.4 Å². The van der Waals surface area contributed by atoms with Crippen LogP contribution in [0.1, 0.15) is 24.3 Å². The number of nitrogens with zero attached hydrogens (tertiary/aromatic N) is 4. The summed E-state index contributed by atoms with van der Waals surface area (Å²) in [7, 11) is 1.43. The third kappa shape index (κ3) is 2.76. The summed E-state index contributed by atoms with van der Waals surface area (Å²) >= 11 is 0. The maximum atomic E-state index is 12.3. The van der Waals surface area contributed by atoms with Crippen molar-refractivity contribution >= 4 is 11.9 Å². The van der Waals surface area contributed by atoms with E-state index < -0.39 is 17.4 Å². The van der Waals surface area contributed by atoms with Crippen LogP contribution >= 0.6 is 0 Å². The third-order valence-corrected chi connectivity index (χ3v) is 3.40. The topological polar surface area (TPSA) is 88.3 Å². The largest absolute Gasteiger partial charge is 0.480 e. The number of benzene rings is 1. The number of para-hydroxylation sites is 1. The van der Waals surface area contributed by atoms with Gasteiger partial charge in [-0.1, -0.05) is 23.4 Å². The van der Waals surface area contributed by atoms with Crippen LogP contribution in [0.3, 0.4) is 0 Å². The van der Waals surface area contributed by atoms with Gasteiger partial charge in [0.1, 0.15) is 5.54 Å². The van der Waals surface area contributed by atoms with E-state index in [2.05, 4.69) is 10.3 Å². The van der Waals surface area contributed by atoms with Crippen LogP contribution in [0.2, 0.25) is 0 Å². The fraction of sp³-hybridized carbons (Fsp3) is 0.286. The van der Waals surface area contributed by atoms with Gasteiger partial charge in [-0.05, 0) is 26.0 Å². The van der Waals surface area contributed by atoms with E-state index in [0.29, 0.717) is 0 Å². The maximum Gasteiger partial charge on any atom is 0.329 e. The molecule has 1 N–H and O–H groups in total. The predicted molar refractivity (Wildman–Crippen MR) is 75.2 cm³/mol.